The van der Waals surface area contributed by atoms with E-state index >= 15 is 0 Å². The van der Waals surface area contributed by atoms with E-state index in [0.29, 0.717) is 18.8 Å². The molecule has 7 heteroatoms. The fraction of sp³-hybridized carbons (Fsp3) is 0.278. The Morgan fingerprint density at radius 2 is 1.80 bits per heavy atom. The molecule has 2 aromatic rings. The largest absolute Gasteiger partial charge is 0.337 e. The van der Waals surface area contributed by atoms with Crippen LogP contribution < -0.4 is 5.32 Å². The number of carbonyl (C=O) groups is 2. The summed E-state index contributed by atoms with van der Waals surface area (Å²) >= 11 is 5.70. The van der Waals surface area contributed by atoms with E-state index in [0.717, 1.165) is 19.3 Å². The molecule has 2 amide bonds. The maximum atomic E-state index is 13.2. The van der Waals surface area contributed by atoms with Gasteiger partial charge in [0.05, 0.1) is 5.02 Å². The third kappa shape index (κ3) is 4.14. The number of amides is 2. The summed E-state index contributed by atoms with van der Waals surface area (Å²) in [6.45, 7) is 1.43. The molecule has 25 heavy (non-hydrogen) atoms. The first-order chi connectivity index (χ1) is 12.0. The number of rotatable bonds is 3. The van der Waals surface area contributed by atoms with Gasteiger partial charge in [-0.25, -0.2) is 9.37 Å². The molecule has 1 fully saturated rings. The van der Waals surface area contributed by atoms with Crippen LogP contribution >= 0.6 is 11.6 Å². The Bertz CT molecular complexity index is 807. The average Bonchev–Trinajstić information content (AvgIpc) is 2.65. The van der Waals surface area contributed by atoms with Gasteiger partial charge in [0.1, 0.15) is 17.2 Å². The first-order valence-electron chi connectivity index (χ1n) is 8.07. The first-order valence-corrected chi connectivity index (χ1v) is 8.45. The number of likely N-dealkylation sites (tertiary alicyclic amines) is 1. The summed E-state index contributed by atoms with van der Waals surface area (Å²) in [4.78, 5) is 30.7. The van der Waals surface area contributed by atoms with Crippen molar-refractivity contribution in [3.05, 3.63) is 58.6 Å². The van der Waals surface area contributed by atoms with Crippen LogP contribution in [0.25, 0.3) is 0 Å². The smallest absolute Gasteiger partial charge is 0.274 e. The molecule has 1 aliphatic rings. The average molecular weight is 362 g/mol. The van der Waals surface area contributed by atoms with Crippen LogP contribution in [-0.4, -0.2) is 34.8 Å². The van der Waals surface area contributed by atoms with Gasteiger partial charge in [0.25, 0.3) is 11.8 Å². The zero-order valence-corrected chi connectivity index (χ0v) is 14.2. The Kier molecular flexibility index (Phi) is 5.28. The lowest BCUT2D eigenvalue weighted by Crippen LogP contribution is -2.36. The van der Waals surface area contributed by atoms with Gasteiger partial charge in [-0.05, 0) is 49.6 Å². The molecule has 1 aromatic carbocycles. The summed E-state index contributed by atoms with van der Waals surface area (Å²) < 4.78 is 13.2. The number of pyridine rings is 1. The van der Waals surface area contributed by atoms with Crippen molar-refractivity contribution in [1.29, 1.82) is 0 Å². The minimum absolute atomic E-state index is 0.0835. The molecule has 1 N–H and O–H groups in total. The van der Waals surface area contributed by atoms with E-state index in [1.165, 1.54) is 24.3 Å². The van der Waals surface area contributed by atoms with Crippen molar-refractivity contribution in [3.8, 4) is 0 Å². The standard InChI is InChI=1S/C18H17ClFN3O2/c19-13-11-12(7-8-14(13)20)21-17(24)15-5-4-6-16(22-15)18(25)23-9-2-1-3-10-23/h4-8,11H,1-3,9-10H2,(H,21,24). The van der Waals surface area contributed by atoms with E-state index in [4.69, 9.17) is 11.6 Å². The topological polar surface area (TPSA) is 62.3 Å². The molecule has 3 rings (SSSR count). The van der Waals surface area contributed by atoms with Crippen molar-refractivity contribution in [1.82, 2.24) is 9.88 Å². The van der Waals surface area contributed by atoms with Crippen molar-refractivity contribution >= 4 is 29.1 Å². The predicted molar refractivity (Wildman–Crippen MR) is 93.4 cm³/mol. The zero-order chi connectivity index (χ0) is 17.8. The second-order valence-electron chi connectivity index (χ2n) is 5.84. The van der Waals surface area contributed by atoms with Gasteiger partial charge in [0.15, 0.2) is 0 Å². The predicted octanol–water partition coefficient (Wildman–Crippen LogP) is 3.75. The molecule has 0 radical (unpaired) electrons. The van der Waals surface area contributed by atoms with Gasteiger partial charge in [0.2, 0.25) is 0 Å². The molecule has 0 spiro atoms. The summed E-state index contributed by atoms with van der Waals surface area (Å²) in [7, 11) is 0. The maximum absolute atomic E-state index is 13.2. The Balaban J connectivity index is 1.74. The van der Waals surface area contributed by atoms with Crippen LogP contribution in [0.4, 0.5) is 10.1 Å². The number of carbonyl (C=O) groups excluding carboxylic acids is 2. The molecule has 0 aliphatic carbocycles. The SMILES string of the molecule is O=C(Nc1ccc(F)c(Cl)c1)c1cccc(C(=O)N2CCCCC2)n1. The Hall–Kier alpha value is -2.47. The summed E-state index contributed by atoms with van der Waals surface area (Å²) in [5, 5.41) is 2.51. The Morgan fingerprint density at radius 1 is 1.08 bits per heavy atom. The van der Waals surface area contributed by atoms with Crippen molar-refractivity contribution in [3.63, 3.8) is 0 Å². The minimum atomic E-state index is -0.563. The molecule has 1 saturated heterocycles. The van der Waals surface area contributed by atoms with Gasteiger partial charge in [-0.1, -0.05) is 17.7 Å². The van der Waals surface area contributed by atoms with Gasteiger partial charge in [0, 0.05) is 18.8 Å². The molecule has 1 aliphatic heterocycles. The fourth-order valence-electron chi connectivity index (χ4n) is 2.71. The lowest BCUT2D eigenvalue weighted by Gasteiger charge is -2.26. The molecule has 0 saturated carbocycles. The van der Waals surface area contributed by atoms with E-state index in [-0.39, 0.29) is 22.3 Å². The van der Waals surface area contributed by atoms with Crippen LogP contribution in [0.1, 0.15) is 40.2 Å². The fourth-order valence-corrected chi connectivity index (χ4v) is 2.89. The van der Waals surface area contributed by atoms with Crippen molar-refractivity contribution < 1.29 is 14.0 Å². The number of anilines is 1. The van der Waals surface area contributed by atoms with Crippen LogP contribution in [0, 0.1) is 5.82 Å². The number of hydrogen-bond donors (Lipinski definition) is 1. The number of nitrogens with one attached hydrogen (secondary N) is 1. The van der Waals surface area contributed by atoms with E-state index < -0.39 is 11.7 Å². The minimum Gasteiger partial charge on any atom is -0.337 e. The summed E-state index contributed by atoms with van der Waals surface area (Å²) in [6, 6.07) is 8.63. The molecule has 5 nitrogen and oxygen atoms in total. The molecule has 0 atom stereocenters. The number of aromatic nitrogens is 1. The lowest BCUT2D eigenvalue weighted by molar-refractivity contribution is 0.0718. The van der Waals surface area contributed by atoms with Crippen LogP contribution in [-0.2, 0) is 0 Å². The summed E-state index contributed by atoms with van der Waals surface area (Å²) in [5.41, 5.74) is 0.709. The highest BCUT2D eigenvalue weighted by atomic mass is 35.5. The van der Waals surface area contributed by atoms with Crippen molar-refractivity contribution in [2.24, 2.45) is 0 Å². The Labute approximate surface area is 149 Å². The van der Waals surface area contributed by atoms with E-state index in [1.54, 1.807) is 17.0 Å². The van der Waals surface area contributed by atoms with E-state index in [1.807, 2.05) is 0 Å². The van der Waals surface area contributed by atoms with E-state index in [2.05, 4.69) is 10.3 Å². The zero-order valence-electron chi connectivity index (χ0n) is 13.5. The number of nitrogens with zero attached hydrogens (tertiary/aromatic N) is 2. The highest BCUT2D eigenvalue weighted by Crippen LogP contribution is 2.20. The van der Waals surface area contributed by atoms with Crippen LogP contribution in [0.3, 0.4) is 0 Å². The molecule has 0 bridgehead atoms. The van der Waals surface area contributed by atoms with Gasteiger partial charge >= 0.3 is 0 Å². The van der Waals surface area contributed by atoms with Gasteiger partial charge in [-0.3, -0.25) is 9.59 Å². The van der Waals surface area contributed by atoms with Gasteiger partial charge in [-0.15, -0.1) is 0 Å². The quantitative estimate of drug-likeness (QED) is 0.905. The number of hydrogen-bond acceptors (Lipinski definition) is 3. The molecular weight excluding hydrogens is 345 g/mol. The van der Waals surface area contributed by atoms with Crippen LogP contribution in [0.5, 0.6) is 0 Å². The van der Waals surface area contributed by atoms with Gasteiger partial charge < -0.3 is 10.2 Å². The van der Waals surface area contributed by atoms with Crippen LogP contribution in [0.2, 0.25) is 5.02 Å². The second-order valence-corrected chi connectivity index (χ2v) is 6.25. The molecule has 1 aromatic heterocycles. The third-order valence-electron chi connectivity index (χ3n) is 4.02. The van der Waals surface area contributed by atoms with Crippen molar-refractivity contribution in [2.45, 2.75) is 19.3 Å². The van der Waals surface area contributed by atoms with Crippen LogP contribution in [0.15, 0.2) is 36.4 Å². The molecule has 130 valence electrons. The number of benzene rings is 1. The first kappa shape index (κ1) is 17.4. The summed E-state index contributed by atoms with van der Waals surface area (Å²) in [6.07, 6.45) is 3.09. The Morgan fingerprint density at radius 3 is 2.52 bits per heavy atom. The molecule has 0 unspecified atom stereocenters. The monoisotopic (exact) mass is 361 g/mol. The normalized spacial score (nSPS) is 14.2. The highest BCUT2D eigenvalue weighted by molar-refractivity contribution is 6.31. The third-order valence-corrected chi connectivity index (χ3v) is 4.31. The summed E-state index contributed by atoms with van der Waals surface area (Å²) in [5.74, 6) is -1.22. The van der Waals surface area contributed by atoms with E-state index in [9.17, 15) is 14.0 Å². The lowest BCUT2D eigenvalue weighted by atomic mass is 10.1. The van der Waals surface area contributed by atoms with Gasteiger partial charge in [-0.2, -0.15) is 0 Å². The highest BCUT2D eigenvalue weighted by Gasteiger charge is 2.20. The number of halogens is 2. The maximum Gasteiger partial charge on any atom is 0.274 e. The molecular formula is C18H17ClFN3O2. The van der Waals surface area contributed by atoms with Crippen molar-refractivity contribution in [2.75, 3.05) is 18.4 Å². The second kappa shape index (κ2) is 7.61. The number of piperidine rings is 1. The molecule has 2 heterocycles.